The van der Waals surface area contributed by atoms with Crippen LogP contribution < -0.4 is 10.6 Å². The summed E-state index contributed by atoms with van der Waals surface area (Å²) in [6.45, 7) is 5.32. The van der Waals surface area contributed by atoms with Crippen molar-refractivity contribution in [2.45, 2.75) is 48.6 Å². The fourth-order valence-corrected chi connectivity index (χ4v) is 5.58. The molecule has 1 amide bonds. The van der Waals surface area contributed by atoms with Crippen LogP contribution in [0.3, 0.4) is 0 Å². The predicted octanol–water partition coefficient (Wildman–Crippen LogP) is 6.74. The van der Waals surface area contributed by atoms with Crippen molar-refractivity contribution in [1.82, 2.24) is 4.98 Å². The van der Waals surface area contributed by atoms with Gasteiger partial charge in [0.1, 0.15) is 5.82 Å². The molecule has 1 aliphatic heterocycles. The first-order valence-electron chi connectivity index (χ1n) is 11.6. The molecule has 4 nitrogen and oxygen atoms in total. The lowest BCUT2D eigenvalue weighted by molar-refractivity contribution is -0.139. The van der Waals surface area contributed by atoms with Crippen LogP contribution in [0.25, 0.3) is 11.1 Å². The van der Waals surface area contributed by atoms with Gasteiger partial charge in [0, 0.05) is 35.0 Å². The zero-order chi connectivity index (χ0) is 25.2. The van der Waals surface area contributed by atoms with E-state index in [-0.39, 0.29) is 22.6 Å². The highest BCUT2D eigenvalue weighted by Gasteiger charge is 2.34. The second-order valence-electron chi connectivity index (χ2n) is 9.07. The van der Waals surface area contributed by atoms with Crippen LogP contribution in [-0.2, 0) is 11.0 Å². The molecule has 3 aromatic rings. The molecular weight excluding hydrogens is 471 g/mol. The van der Waals surface area contributed by atoms with Gasteiger partial charge in [-0.3, -0.25) is 4.79 Å². The van der Waals surface area contributed by atoms with Crippen molar-refractivity contribution in [3.63, 3.8) is 0 Å². The van der Waals surface area contributed by atoms with Crippen molar-refractivity contribution in [3.05, 3.63) is 71.9 Å². The van der Waals surface area contributed by atoms with Crippen LogP contribution >= 0.6 is 11.8 Å². The number of aromatic nitrogens is 1. The highest BCUT2D eigenvalue weighted by Crippen LogP contribution is 2.43. The summed E-state index contributed by atoms with van der Waals surface area (Å²) in [5.74, 6) is 0.452. The Kier molecular flexibility index (Phi) is 7.40. The highest BCUT2D eigenvalue weighted by molar-refractivity contribution is 7.99. The Hall–Kier alpha value is -3.00. The van der Waals surface area contributed by atoms with E-state index in [1.54, 1.807) is 30.5 Å². The Balaban J connectivity index is 1.64. The van der Waals surface area contributed by atoms with Gasteiger partial charge in [-0.2, -0.15) is 13.2 Å². The molecule has 8 heteroatoms. The number of piperidine rings is 1. The number of hydrogen-bond acceptors (Lipinski definition) is 4. The zero-order valence-electron chi connectivity index (χ0n) is 19.7. The topological polar surface area (TPSA) is 59.2 Å². The maximum atomic E-state index is 14.1. The summed E-state index contributed by atoms with van der Waals surface area (Å²) in [4.78, 5) is 18.9. The first kappa shape index (κ1) is 25.1. The molecule has 1 fully saturated rings. The Morgan fingerprint density at radius 3 is 2.37 bits per heavy atom. The van der Waals surface area contributed by atoms with E-state index in [0.717, 1.165) is 22.2 Å². The Labute approximate surface area is 207 Å². The van der Waals surface area contributed by atoms with Gasteiger partial charge in [0.25, 0.3) is 0 Å². The average Bonchev–Trinajstić information content (AvgIpc) is 2.84. The minimum absolute atomic E-state index is 0.144. The predicted molar refractivity (Wildman–Crippen MR) is 133 cm³/mol. The summed E-state index contributed by atoms with van der Waals surface area (Å²) < 4.78 is 42.3. The molecule has 0 bridgehead atoms. The van der Waals surface area contributed by atoms with Crippen LogP contribution in [0.2, 0.25) is 0 Å². The van der Waals surface area contributed by atoms with Gasteiger partial charge in [-0.25, -0.2) is 4.98 Å². The number of carbonyl (C=O) groups excluding carboxylic acids is 1. The summed E-state index contributed by atoms with van der Waals surface area (Å²) >= 11 is 1.15. The monoisotopic (exact) mass is 499 g/mol. The van der Waals surface area contributed by atoms with Gasteiger partial charge in [0.15, 0.2) is 0 Å². The second kappa shape index (κ2) is 10.3. The Bertz CT molecular complexity index is 1200. The molecule has 4 rings (SSSR count). The van der Waals surface area contributed by atoms with Gasteiger partial charge in [-0.05, 0) is 65.8 Å². The lowest BCUT2D eigenvalue weighted by Gasteiger charge is -2.31. The number of anilines is 1. The molecule has 0 unspecified atom stereocenters. The first-order valence-corrected chi connectivity index (χ1v) is 12.4. The third kappa shape index (κ3) is 5.81. The first-order chi connectivity index (χ1) is 16.6. The summed E-state index contributed by atoms with van der Waals surface area (Å²) in [5.41, 5.74) is 6.93. The van der Waals surface area contributed by atoms with Crippen LogP contribution in [0.1, 0.15) is 43.7 Å². The third-order valence-corrected chi connectivity index (χ3v) is 7.51. The number of carbonyl (C=O) groups is 1. The molecule has 0 atom stereocenters. The number of nitrogens with zero attached hydrogens (tertiary/aromatic N) is 2. The largest absolute Gasteiger partial charge is 0.417 e. The molecule has 0 saturated carbocycles. The van der Waals surface area contributed by atoms with Gasteiger partial charge in [0.2, 0.25) is 5.91 Å². The number of alkyl halides is 3. The molecule has 2 aromatic carbocycles. The molecule has 1 aromatic heterocycles. The molecule has 2 heterocycles. The van der Waals surface area contributed by atoms with E-state index >= 15 is 0 Å². The van der Waals surface area contributed by atoms with Crippen LogP contribution in [0, 0.1) is 5.92 Å². The van der Waals surface area contributed by atoms with Gasteiger partial charge in [0.05, 0.1) is 5.56 Å². The van der Waals surface area contributed by atoms with Crippen molar-refractivity contribution in [2.24, 2.45) is 11.7 Å². The summed E-state index contributed by atoms with van der Waals surface area (Å²) in [6, 6.07) is 15.6. The summed E-state index contributed by atoms with van der Waals surface area (Å²) in [5, 5.41) is 0. The second-order valence-corrected chi connectivity index (χ2v) is 10.2. The van der Waals surface area contributed by atoms with Crippen LogP contribution in [0.5, 0.6) is 0 Å². The van der Waals surface area contributed by atoms with E-state index in [2.05, 4.69) is 4.98 Å². The third-order valence-electron chi connectivity index (χ3n) is 6.35. The number of pyridine rings is 1. The average molecular weight is 500 g/mol. The molecule has 1 saturated heterocycles. The quantitative estimate of drug-likeness (QED) is 0.408. The maximum Gasteiger partial charge on any atom is 0.417 e. The highest BCUT2D eigenvalue weighted by atomic mass is 32.2. The normalized spacial score (nSPS) is 15.0. The molecule has 35 heavy (non-hydrogen) atoms. The van der Waals surface area contributed by atoms with Crippen molar-refractivity contribution in [1.29, 1.82) is 0 Å². The number of hydrogen-bond donors (Lipinski definition) is 1. The number of rotatable bonds is 6. The van der Waals surface area contributed by atoms with Gasteiger partial charge < -0.3 is 10.6 Å². The smallest absolute Gasteiger partial charge is 0.369 e. The van der Waals surface area contributed by atoms with Gasteiger partial charge in [-0.1, -0.05) is 49.9 Å². The van der Waals surface area contributed by atoms with Crippen molar-refractivity contribution in [3.8, 4) is 11.1 Å². The number of benzene rings is 2. The SMILES string of the molecule is CC(C)c1ccccc1Sc1ccc(-c2ccnc(N3CCC(C(N)=O)CC3)c2)cc1C(F)(F)F. The van der Waals surface area contributed by atoms with E-state index < -0.39 is 11.7 Å². The van der Waals surface area contributed by atoms with Crippen molar-refractivity contribution in [2.75, 3.05) is 18.0 Å². The van der Waals surface area contributed by atoms with E-state index in [0.29, 0.717) is 42.9 Å². The number of nitrogens with two attached hydrogens (primary N) is 1. The van der Waals surface area contributed by atoms with Gasteiger partial charge >= 0.3 is 6.18 Å². The Morgan fingerprint density at radius 2 is 1.71 bits per heavy atom. The van der Waals surface area contributed by atoms with E-state index in [1.165, 1.54) is 6.07 Å². The molecular formula is C27H28F3N3OS. The molecule has 0 aliphatic carbocycles. The molecule has 184 valence electrons. The number of primary amides is 1. The standard InChI is InChI=1S/C27H28F3N3OS/c1-17(2)21-5-3-4-6-23(21)35-24-8-7-19(15-22(24)27(28,29)30)20-9-12-32-25(16-20)33-13-10-18(11-14-33)26(31)34/h3-9,12,15-18H,10-11,13-14H2,1-2H3,(H2,31,34). The maximum absolute atomic E-state index is 14.1. The lowest BCUT2D eigenvalue weighted by Crippen LogP contribution is -2.38. The van der Waals surface area contributed by atoms with Gasteiger partial charge in [-0.15, -0.1) is 0 Å². The van der Waals surface area contributed by atoms with Crippen LogP contribution in [-0.4, -0.2) is 24.0 Å². The zero-order valence-corrected chi connectivity index (χ0v) is 20.5. The van der Waals surface area contributed by atoms with E-state index in [4.69, 9.17) is 5.73 Å². The molecule has 1 aliphatic rings. The number of amides is 1. The molecule has 0 radical (unpaired) electrons. The lowest BCUT2D eigenvalue weighted by atomic mass is 9.96. The van der Waals surface area contributed by atoms with E-state index in [1.807, 2.05) is 43.0 Å². The number of halogens is 3. The van der Waals surface area contributed by atoms with E-state index in [9.17, 15) is 18.0 Å². The minimum Gasteiger partial charge on any atom is -0.369 e. The fraction of sp³-hybridized carbons (Fsp3) is 0.333. The van der Waals surface area contributed by atoms with Crippen LogP contribution in [0.15, 0.2) is 70.6 Å². The molecule has 0 spiro atoms. The minimum atomic E-state index is -4.49. The fourth-order valence-electron chi connectivity index (χ4n) is 4.35. The van der Waals surface area contributed by atoms with Crippen LogP contribution in [0.4, 0.5) is 19.0 Å². The molecule has 2 N–H and O–H groups in total. The summed E-state index contributed by atoms with van der Waals surface area (Å²) in [7, 11) is 0. The Morgan fingerprint density at radius 1 is 1.03 bits per heavy atom. The van der Waals surface area contributed by atoms with Crippen molar-refractivity contribution >= 4 is 23.5 Å². The van der Waals surface area contributed by atoms with Crippen molar-refractivity contribution < 1.29 is 18.0 Å². The summed E-state index contributed by atoms with van der Waals surface area (Å²) in [6.07, 6.45) is -1.59.